The van der Waals surface area contributed by atoms with E-state index in [0.717, 1.165) is 22.5 Å². The van der Waals surface area contributed by atoms with Crippen molar-refractivity contribution in [3.63, 3.8) is 0 Å². The van der Waals surface area contributed by atoms with Crippen molar-refractivity contribution in [2.24, 2.45) is 0 Å². The number of allylic oxidation sites excluding steroid dienone is 8. The van der Waals surface area contributed by atoms with Crippen molar-refractivity contribution in [3.8, 4) is 12.1 Å². The minimum absolute atomic E-state index is 0.106. The van der Waals surface area contributed by atoms with Gasteiger partial charge in [-0.25, -0.2) is 0 Å². The Bertz CT molecular complexity index is 1760. The van der Waals surface area contributed by atoms with Crippen molar-refractivity contribution < 1.29 is 9.53 Å². The third-order valence-corrected chi connectivity index (χ3v) is 7.21. The van der Waals surface area contributed by atoms with E-state index in [0.29, 0.717) is 39.4 Å². The highest BCUT2D eigenvalue weighted by atomic mass is 16.5. The lowest BCUT2D eigenvalue weighted by Crippen LogP contribution is -2.07. The smallest absolute Gasteiger partial charge is 0.194 e. The van der Waals surface area contributed by atoms with Gasteiger partial charge in [-0.2, -0.15) is 10.5 Å². The summed E-state index contributed by atoms with van der Waals surface area (Å²) in [7, 11) is 7.98. The fourth-order valence-electron chi connectivity index (χ4n) is 4.93. The van der Waals surface area contributed by atoms with Crippen molar-refractivity contribution in [1.29, 1.82) is 10.5 Å². The summed E-state index contributed by atoms with van der Waals surface area (Å²) >= 11 is 0. The zero-order valence-electron chi connectivity index (χ0n) is 24.5. The number of anilines is 2. The normalized spacial score (nSPS) is 14.2. The Balaban J connectivity index is 1.61. The van der Waals surface area contributed by atoms with Gasteiger partial charge in [0.25, 0.3) is 0 Å². The van der Waals surface area contributed by atoms with Gasteiger partial charge in [0, 0.05) is 56.3 Å². The molecule has 6 nitrogen and oxygen atoms in total. The standard InChI is InChI=1S/C37H30N4O2/c1-40(2)29-15-9-25(10-16-29)13-19-31-21-27(22-32(43-31)20-14-26-11-17-30(18-12-26)41(3)4)36-35(28(23-38)24-39)33-7-5-6-8-34(33)37(36)42/h5-22H,1-4H3. The van der Waals surface area contributed by atoms with Gasteiger partial charge in [-0.15, -0.1) is 0 Å². The first-order valence-corrected chi connectivity index (χ1v) is 13.7. The molecule has 0 bridgehead atoms. The first-order chi connectivity index (χ1) is 20.8. The van der Waals surface area contributed by atoms with Crippen LogP contribution in [0.4, 0.5) is 11.4 Å². The third kappa shape index (κ3) is 6.10. The van der Waals surface area contributed by atoms with Crippen LogP contribution < -0.4 is 9.80 Å². The number of nitrogens with zero attached hydrogens (tertiary/aromatic N) is 4. The number of rotatable bonds is 6. The molecule has 0 spiro atoms. The first-order valence-electron chi connectivity index (χ1n) is 13.7. The molecule has 210 valence electrons. The van der Waals surface area contributed by atoms with Gasteiger partial charge >= 0.3 is 0 Å². The van der Waals surface area contributed by atoms with E-state index in [1.54, 1.807) is 36.4 Å². The Morgan fingerprint density at radius 1 is 0.674 bits per heavy atom. The fourth-order valence-corrected chi connectivity index (χ4v) is 4.93. The average molecular weight is 563 g/mol. The number of Topliss-reactive ketones (excluding diaryl/α,β-unsaturated/α-hetero) is 1. The Kier molecular flexibility index (Phi) is 8.23. The highest BCUT2D eigenvalue weighted by molar-refractivity contribution is 6.28. The Morgan fingerprint density at radius 3 is 1.58 bits per heavy atom. The second kappa shape index (κ2) is 12.3. The van der Waals surface area contributed by atoms with E-state index in [1.165, 1.54) is 0 Å². The third-order valence-electron chi connectivity index (χ3n) is 7.21. The fraction of sp³-hybridized carbons (Fsp3) is 0.108. The molecule has 0 aromatic heterocycles. The lowest BCUT2D eigenvalue weighted by atomic mass is 9.94. The summed E-state index contributed by atoms with van der Waals surface area (Å²) in [6, 6.07) is 27.3. The molecule has 0 amide bonds. The van der Waals surface area contributed by atoms with E-state index < -0.39 is 0 Å². The van der Waals surface area contributed by atoms with Gasteiger partial charge in [0.05, 0.1) is 0 Å². The van der Waals surface area contributed by atoms with Gasteiger partial charge in [-0.3, -0.25) is 4.79 Å². The van der Waals surface area contributed by atoms with Gasteiger partial charge in [-0.05, 0) is 70.8 Å². The van der Waals surface area contributed by atoms with Crippen molar-refractivity contribution in [2.45, 2.75) is 0 Å². The molecule has 0 saturated carbocycles. The number of benzene rings is 3. The Morgan fingerprint density at radius 2 is 1.14 bits per heavy atom. The topological polar surface area (TPSA) is 80.4 Å². The van der Waals surface area contributed by atoms with Gasteiger partial charge in [0.2, 0.25) is 0 Å². The lowest BCUT2D eigenvalue weighted by molar-refractivity contribution is 0.104. The van der Waals surface area contributed by atoms with E-state index in [-0.39, 0.29) is 11.4 Å². The van der Waals surface area contributed by atoms with Crippen LogP contribution in [0, 0.1) is 22.7 Å². The summed E-state index contributed by atoms with van der Waals surface area (Å²) < 4.78 is 6.24. The summed E-state index contributed by atoms with van der Waals surface area (Å²) in [5.74, 6) is 0.800. The maximum atomic E-state index is 13.7. The van der Waals surface area contributed by atoms with Crippen molar-refractivity contribution in [2.75, 3.05) is 38.0 Å². The number of nitriles is 2. The summed E-state index contributed by atoms with van der Waals surface area (Å²) in [6.45, 7) is 0. The molecule has 1 aliphatic heterocycles. The number of carbonyl (C=O) groups is 1. The molecule has 3 aromatic rings. The Labute approximate surface area is 252 Å². The van der Waals surface area contributed by atoms with Crippen LogP contribution in [0.2, 0.25) is 0 Å². The van der Waals surface area contributed by atoms with Crippen molar-refractivity contribution >= 4 is 34.9 Å². The van der Waals surface area contributed by atoms with Gasteiger partial charge in [-0.1, -0.05) is 60.7 Å². The zero-order valence-corrected chi connectivity index (χ0v) is 24.5. The van der Waals surface area contributed by atoms with Crippen LogP contribution >= 0.6 is 0 Å². The maximum absolute atomic E-state index is 13.7. The number of ether oxygens (including phenoxy) is 1. The average Bonchev–Trinajstić information content (AvgIpc) is 3.32. The van der Waals surface area contributed by atoms with Crippen LogP contribution in [0.5, 0.6) is 0 Å². The second-order valence-electron chi connectivity index (χ2n) is 10.5. The molecule has 5 rings (SSSR count). The molecule has 0 atom stereocenters. The van der Waals surface area contributed by atoms with Gasteiger partial charge in [0.15, 0.2) is 5.78 Å². The molecule has 43 heavy (non-hydrogen) atoms. The van der Waals surface area contributed by atoms with Crippen LogP contribution in [-0.4, -0.2) is 34.0 Å². The number of ketones is 1. The zero-order chi connectivity index (χ0) is 30.5. The number of hydrogen-bond acceptors (Lipinski definition) is 6. The molecule has 1 aliphatic carbocycles. The molecule has 0 radical (unpaired) electrons. The second-order valence-corrected chi connectivity index (χ2v) is 10.5. The highest BCUT2D eigenvalue weighted by Gasteiger charge is 2.34. The molecule has 0 unspecified atom stereocenters. The highest BCUT2D eigenvalue weighted by Crippen LogP contribution is 2.42. The van der Waals surface area contributed by atoms with Crippen LogP contribution in [0.3, 0.4) is 0 Å². The van der Waals surface area contributed by atoms with Gasteiger partial charge in [0.1, 0.15) is 29.2 Å². The van der Waals surface area contributed by atoms with Crippen molar-refractivity contribution in [3.05, 3.63) is 148 Å². The molecule has 1 heterocycles. The van der Waals surface area contributed by atoms with Crippen LogP contribution in [0.1, 0.15) is 27.0 Å². The molecule has 0 N–H and O–H groups in total. The molecular weight excluding hydrogens is 532 g/mol. The molecular formula is C37H30N4O2. The molecule has 6 heteroatoms. The molecule has 3 aromatic carbocycles. The summed E-state index contributed by atoms with van der Waals surface area (Å²) in [4.78, 5) is 17.8. The number of hydrogen-bond donors (Lipinski definition) is 0. The van der Waals surface area contributed by atoms with E-state index in [2.05, 4.69) is 0 Å². The Hall–Kier alpha value is -5.85. The van der Waals surface area contributed by atoms with Gasteiger partial charge < -0.3 is 14.5 Å². The van der Waals surface area contributed by atoms with E-state index >= 15 is 0 Å². The number of fused-ring (bicyclic) bond motifs is 1. The predicted octanol–water partition coefficient (Wildman–Crippen LogP) is 7.34. The van der Waals surface area contributed by atoms with Crippen LogP contribution in [0.15, 0.2) is 125 Å². The van der Waals surface area contributed by atoms with Crippen molar-refractivity contribution in [1.82, 2.24) is 0 Å². The quantitative estimate of drug-likeness (QED) is 0.231. The first kappa shape index (κ1) is 28.7. The monoisotopic (exact) mass is 562 g/mol. The predicted molar refractivity (Wildman–Crippen MR) is 173 cm³/mol. The van der Waals surface area contributed by atoms with E-state index in [1.807, 2.05) is 123 Å². The summed E-state index contributed by atoms with van der Waals surface area (Å²) in [5, 5.41) is 19.6. The van der Waals surface area contributed by atoms with Crippen LogP contribution in [0.25, 0.3) is 17.7 Å². The minimum atomic E-state index is -0.233. The maximum Gasteiger partial charge on any atom is 0.194 e. The lowest BCUT2D eigenvalue weighted by Gasteiger charge is -2.16. The van der Waals surface area contributed by atoms with E-state index in [4.69, 9.17) is 4.74 Å². The summed E-state index contributed by atoms with van der Waals surface area (Å²) in [5.41, 5.74) is 6.32. The minimum Gasteiger partial charge on any atom is -0.457 e. The molecule has 2 aliphatic rings. The SMILES string of the molecule is CN(C)c1ccc(C=CC2=CC(=C3C(=O)c4ccccc4C3=C(C#N)C#N)C=C(C=Cc3ccc(N(C)C)cc3)O2)cc1. The molecule has 0 saturated heterocycles. The molecule has 0 fully saturated rings. The van der Waals surface area contributed by atoms with E-state index in [9.17, 15) is 15.3 Å². The van der Waals surface area contributed by atoms with Crippen LogP contribution in [-0.2, 0) is 4.74 Å². The summed E-state index contributed by atoms with van der Waals surface area (Å²) in [6.07, 6.45) is 11.1. The number of carbonyl (C=O) groups excluding carboxylic acids is 1. The largest absolute Gasteiger partial charge is 0.457 e.